The maximum Gasteiger partial charge on any atom is 0.131 e. The molecule has 0 aliphatic heterocycles. The first-order valence-corrected chi connectivity index (χ1v) is 14.9. The van der Waals surface area contributed by atoms with E-state index in [2.05, 4.69) is 70.2 Å². The highest BCUT2D eigenvalue weighted by Gasteiger charge is 2.32. The fourth-order valence-corrected chi connectivity index (χ4v) is 9.59. The van der Waals surface area contributed by atoms with Gasteiger partial charge in [0.1, 0.15) is 11.5 Å². The number of rotatable bonds is 8. The second kappa shape index (κ2) is 11.7. The largest absolute Gasteiger partial charge is 0.490 e. The quantitative estimate of drug-likeness (QED) is 0.362. The van der Waals surface area contributed by atoms with Crippen LogP contribution in [0.4, 0.5) is 0 Å². The maximum absolute atomic E-state index is 6.28. The van der Waals surface area contributed by atoms with E-state index in [0.29, 0.717) is 0 Å². The zero-order valence-corrected chi connectivity index (χ0v) is 22.1. The minimum Gasteiger partial charge on any atom is -0.490 e. The summed E-state index contributed by atoms with van der Waals surface area (Å²) >= 11 is 0. The van der Waals surface area contributed by atoms with Gasteiger partial charge in [-0.25, -0.2) is 0 Å². The van der Waals surface area contributed by atoms with Gasteiger partial charge >= 0.3 is 0 Å². The smallest absolute Gasteiger partial charge is 0.131 e. The molecule has 0 heterocycles. The molecule has 0 atom stereocenters. The highest BCUT2D eigenvalue weighted by atomic mass is 31.1. The third kappa shape index (κ3) is 6.33. The van der Waals surface area contributed by atoms with Crippen LogP contribution in [0.2, 0.25) is 0 Å². The molecule has 0 radical (unpaired) electrons. The van der Waals surface area contributed by atoms with E-state index in [-0.39, 0.29) is 20.1 Å². The van der Waals surface area contributed by atoms with E-state index in [9.17, 15) is 0 Å². The first-order valence-electron chi connectivity index (χ1n) is 13.4. The van der Waals surface area contributed by atoms with Crippen LogP contribution in [-0.4, -0.2) is 23.5 Å². The van der Waals surface area contributed by atoms with Gasteiger partial charge in [0.25, 0.3) is 0 Å². The fourth-order valence-electron chi connectivity index (χ4n) is 5.76. The van der Waals surface area contributed by atoms with Crippen LogP contribution in [0.15, 0.2) is 42.5 Å². The molecule has 0 spiro atoms. The van der Waals surface area contributed by atoms with Crippen LogP contribution >= 0.6 is 7.92 Å². The van der Waals surface area contributed by atoms with Crippen molar-refractivity contribution in [2.45, 2.75) is 115 Å². The molecule has 2 aromatic carbocycles. The Morgan fingerprint density at radius 1 is 0.667 bits per heavy atom. The highest BCUT2D eigenvalue weighted by molar-refractivity contribution is 7.67. The van der Waals surface area contributed by atoms with Gasteiger partial charge in [-0.05, 0) is 93.8 Å². The molecular formula is C30H43O2P. The third-order valence-electron chi connectivity index (χ3n) is 7.08. The van der Waals surface area contributed by atoms with Crippen LogP contribution in [-0.2, 0) is 0 Å². The molecule has 0 N–H and O–H groups in total. The number of hydrogen-bond donors (Lipinski definition) is 0. The molecule has 0 aromatic heterocycles. The Labute approximate surface area is 203 Å². The van der Waals surface area contributed by atoms with Crippen molar-refractivity contribution in [3.05, 3.63) is 42.5 Å². The Kier molecular flexibility index (Phi) is 8.75. The van der Waals surface area contributed by atoms with Gasteiger partial charge in [0.2, 0.25) is 0 Å². The predicted molar refractivity (Wildman–Crippen MR) is 144 cm³/mol. The zero-order valence-electron chi connectivity index (χ0n) is 21.2. The maximum atomic E-state index is 6.28. The molecule has 33 heavy (non-hydrogen) atoms. The van der Waals surface area contributed by atoms with Crippen molar-refractivity contribution < 1.29 is 9.47 Å². The normalized spacial score (nSPS) is 18.3. The van der Waals surface area contributed by atoms with E-state index >= 15 is 0 Å². The van der Waals surface area contributed by atoms with E-state index in [1.54, 1.807) is 5.30 Å². The van der Waals surface area contributed by atoms with Crippen LogP contribution in [0.1, 0.15) is 91.9 Å². The minimum absolute atomic E-state index is 0.128. The lowest BCUT2D eigenvalue weighted by Gasteiger charge is -2.39. The summed E-state index contributed by atoms with van der Waals surface area (Å²) < 4.78 is 12.6. The second-order valence-corrected chi connectivity index (χ2v) is 13.3. The van der Waals surface area contributed by atoms with Crippen molar-refractivity contribution in [3.63, 3.8) is 0 Å². The summed E-state index contributed by atoms with van der Waals surface area (Å²) in [6.45, 7) is 8.40. The topological polar surface area (TPSA) is 18.5 Å². The molecule has 2 aliphatic rings. The van der Waals surface area contributed by atoms with Crippen molar-refractivity contribution in [2.75, 3.05) is 0 Å². The van der Waals surface area contributed by atoms with E-state index in [1.165, 1.54) is 69.8 Å². The molecule has 2 fully saturated rings. The molecular weight excluding hydrogens is 423 g/mol. The number of ether oxygens (including phenoxy) is 2. The Hall–Kier alpha value is -1.53. The van der Waals surface area contributed by atoms with Crippen molar-refractivity contribution in [3.8, 4) is 22.6 Å². The van der Waals surface area contributed by atoms with Gasteiger partial charge in [-0.3, -0.25) is 0 Å². The molecule has 3 heteroatoms. The van der Waals surface area contributed by atoms with Crippen LogP contribution in [0.3, 0.4) is 0 Å². The summed E-state index contributed by atoms with van der Waals surface area (Å²) in [5.74, 6) is 1.86. The summed E-state index contributed by atoms with van der Waals surface area (Å²) in [5, 5.41) is 1.61. The summed E-state index contributed by atoms with van der Waals surface area (Å²) in [5.41, 5.74) is 4.17. The van der Waals surface area contributed by atoms with Crippen LogP contribution < -0.4 is 14.8 Å². The molecule has 0 amide bonds. The molecule has 2 aromatic rings. The number of hydrogen-bond acceptors (Lipinski definition) is 2. The predicted octanol–water partition coefficient (Wildman–Crippen LogP) is 8.70. The monoisotopic (exact) mass is 466 g/mol. The van der Waals surface area contributed by atoms with Crippen LogP contribution in [0.5, 0.6) is 11.5 Å². The summed E-state index contributed by atoms with van der Waals surface area (Å²) in [6, 6.07) is 15.7. The summed E-state index contributed by atoms with van der Waals surface area (Å²) in [4.78, 5) is 0. The van der Waals surface area contributed by atoms with Crippen LogP contribution in [0, 0.1) is 0 Å². The Morgan fingerprint density at radius 2 is 1.15 bits per heavy atom. The lowest BCUT2D eigenvalue weighted by atomic mass is 9.99. The zero-order chi connectivity index (χ0) is 23.2. The van der Waals surface area contributed by atoms with E-state index < -0.39 is 0 Å². The van der Waals surface area contributed by atoms with Crippen molar-refractivity contribution in [1.82, 2.24) is 0 Å². The van der Waals surface area contributed by atoms with Crippen molar-refractivity contribution >= 4 is 13.2 Å². The lowest BCUT2D eigenvalue weighted by Crippen LogP contribution is -2.26. The summed E-state index contributed by atoms with van der Waals surface area (Å²) in [6.07, 6.45) is 14.5. The van der Waals surface area contributed by atoms with Crippen molar-refractivity contribution in [1.29, 1.82) is 0 Å². The van der Waals surface area contributed by atoms with Gasteiger partial charge in [0.15, 0.2) is 0 Å². The van der Waals surface area contributed by atoms with Crippen LogP contribution in [0.25, 0.3) is 11.1 Å². The van der Waals surface area contributed by atoms with Gasteiger partial charge in [-0.15, -0.1) is 0 Å². The minimum atomic E-state index is -0.133. The molecule has 0 unspecified atom stereocenters. The molecule has 0 saturated heterocycles. The molecule has 2 nitrogen and oxygen atoms in total. The van der Waals surface area contributed by atoms with Gasteiger partial charge in [-0.2, -0.15) is 0 Å². The Balaban J connectivity index is 1.75. The molecule has 2 saturated carbocycles. The van der Waals surface area contributed by atoms with Gasteiger partial charge < -0.3 is 9.47 Å². The highest BCUT2D eigenvalue weighted by Crippen LogP contribution is 2.55. The van der Waals surface area contributed by atoms with E-state index in [4.69, 9.17) is 9.47 Å². The van der Waals surface area contributed by atoms with Gasteiger partial charge in [-0.1, -0.05) is 70.7 Å². The molecule has 4 rings (SSSR count). The fraction of sp³-hybridized carbons (Fsp3) is 0.600. The molecule has 180 valence electrons. The van der Waals surface area contributed by atoms with E-state index in [1.807, 2.05) is 0 Å². The lowest BCUT2D eigenvalue weighted by molar-refractivity contribution is 0.231. The van der Waals surface area contributed by atoms with Gasteiger partial charge in [0.05, 0.1) is 17.8 Å². The Bertz CT molecular complexity index is 832. The number of benzene rings is 2. The standard InChI is InChI=1S/C30H43O2P/c1-22(2)31-28-19-12-20-29(32-23(3)4)30(28)24-13-11-18-27(21-24)33(25-14-7-5-8-15-25)26-16-9-6-10-17-26/h11-13,18-23,25-26H,5-10,14-17H2,1-4H3. The van der Waals surface area contributed by atoms with Crippen molar-refractivity contribution in [2.24, 2.45) is 0 Å². The summed E-state index contributed by atoms with van der Waals surface area (Å²) in [7, 11) is -0.133. The average Bonchev–Trinajstić information content (AvgIpc) is 2.80. The first kappa shape index (κ1) is 24.6. The Morgan fingerprint density at radius 3 is 1.64 bits per heavy atom. The average molecular weight is 467 g/mol. The SMILES string of the molecule is CC(C)Oc1cccc(OC(C)C)c1-c1cccc(P(C2CCCCC2)C2CCCCC2)c1. The van der Waals surface area contributed by atoms with E-state index in [0.717, 1.165) is 28.4 Å². The molecule has 2 aliphatic carbocycles. The third-order valence-corrected chi connectivity index (χ3v) is 10.6. The van der Waals surface area contributed by atoms with Gasteiger partial charge in [0, 0.05) is 0 Å². The molecule has 0 bridgehead atoms. The first-order chi connectivity index (χ1) is 16.0. The second-order valence-electron chi connectivity index (χ2n) is 10.5.